The summed E-state index contributed by atoms with van der Waals surface area (Å²) < 4.78 is 5.93. The van der Waals surface area contributed by atoms with Gasteiger partial charge in [-0.3, -0.25) is 4.90 Å². The molecule has 0 spiro atoms. The maximum absolute atomic E-state index is 9.16. The van der Waals surface area contributed by atoms with E-state index in [-0.39, 0.29) is 0 Å². The van der Waals surface area contributed by atoms with Crippen molar-refractivity contribution < 1.29 is 9.84 Å². The van der Waals surface area contributed by atoms with Crippen molar-refractivity contribution in [1.29, 1.82) is 0 Å². The van der Waals surface area contributed by atoms with Gasteiger partial charge >= 0.3 is 0 Å². The Morgan fingerprint density at radius 2 is 1.69 bits per heavy atom. The van der Waals surface area contributed by atoms with Gasteiger partial charge in [0.1, 0.15) is 6.73 Å². The third kappa shape index (κ3) is 5.46. The van der Waals surface area contributed by atoms with Crippen LogP contribution in [0.4, 0.5) is 11.4 Å². The fourth-order valence-electron chi connectivity index (χ4n) is 3.53. The van der Waals surface area contributed by atoms with E-state index in [2.05, 4.69) is 58.6 Å². The Hall–Kier alpha value is -1.08. The summed E-state index contributed by atoms with van der Waals surface area (Å²) in [5.74, 6) is 0.450. The summed E-state index contributed by atoms with van der Waals surface area (Å²) in [6, 6.07) is 10.1. The largest absolute Gasteiger partial charge is 0.396 e. The van der Waals surface area contributed by atoms with Crippen molar-refractivity contribution in [2.45, 2.75) is 32.1 Å². The monoisotopic (exact) mass is 377 g/mol. The van der Waals surface area contributed by atoms with Crippen molar-refractivity contribution >= 4 is 19.4 Å². The van der Waals surface area contributed by atoms with Crippen LogP contribution in [0.3, 0.4) is 0 Å². The van der Waals surface area contributed by atoms with E-state index < -0.39 is 8.07 Å². The lowest BCUT2D eigenvalue weighted by atomic mass is 10.0. The average molecular weight is 378 g/mol. The third-order valence-corrected chi connectivity index (χ3v) is 7.04. The quantitative estimate of drug-likeness (QED) is 0.557. The molecule has 0 saturated carbocycles. The standard InChI is InChI=1S/C20H35N3O2Si/c1-26(2,3)12-11-25-17-21-9-4-10-22(16-21)19-5-7-20(8-6-19)23-13-18(14-23)15-24/h5-8,18,24H,4,9-17H2,1-3H3. The Kier molecular flexibility index (Phi) is 6.61. The van der Waals surface area contributed by atoms with Crippen LogP contribution in [0.2, 0.25) is 25.7 Å². The second-order valence-electron chi connectivity index (χ2n) is 8.97. The van der Waals surface area contributed by atoms with Crippen LogP contribution >= 0.6 is 0 Å². The minimum atomic E-state index is -1.00. The fourth-order valence-corrected chi connectivity index (χ4v) is 4.28. The molecule has 1 N–H and O–H groups in total. The Labute approximate surface area is 159 Å². The molecule has 2 aliphatic rings. The van der Waals surface area contributed by atoms with Crippen molar-refractivity contribution in [3.05, 3.63) is 24.3 Å². The Morgan fingerprint density at radius 1 is 1.04 bits per heavy atom. The van der Waals surface area contributed by atoms with Crippen LogP contribution in [0, 0.1) is 5.92 Å². The molecule has 26 heavy (non-hydrogen) atoms. The number of anilines is 2. The number of nitrogens with zero attached hydrogens (tertiary/aromatic N) is 3. The predicted molar refractivity (Wildman–Crippen MR) is 112 cm³/mol. The van der Waals surface area contributed by atoms with Crippen LogP contribution in [0.25, 0.3) is 0 Å². The van der Waals surface area contributed by atoms with Crippen molar-refractivity contribution in [2.75, 3.05) is 62.6 Å². The number of aliphatic hydroxyl groups excluding tert-OH is 1. The summed E-state index contributed by atoms with van der Waals surface area (Å²) in [7, 11) is -1.00. The van der Waals surface area contributed by atoms with Crippen LogP contribution < -0.4 is 9.80 Å². The molecule has 0 bridgehead atoms. The molecule has 0 radical (unpaired) electrons. The van der Waals surface area contributed by atoms with Crippen molar-refractivity contribution in [1.82, 2.24) is 4.90 Å². The Balaban J connectivity index is 1.45. The van der Waals surface area contributed by atoms with Crippen LogP contribution in [-0.2, 0) is 4.74 Å². The first-order valence-electron chi connectivity index (χ1n) is 9.95. The average Bonchev–Trinajstić information content (AvgIpc) is 2.58. The molecule has 0 amide bonds. The van der Waals surface area contributed by atoms with Gasteiger partial charge in [-0.2, -0.15) is 0 Å². The van der Waals surface area contributed by atoms with Crippen molar-refractivity contribution in [3.8, 4) is 0 Å². The molecule has 0 aliphatic carbocycles. The molecule has 5 nitrogen and oxygen atoms in total. The highest BCUT2D eigenvalue weighted by atomic mass is 28.3. The number of rotatable bonds is 8. The summed E-state index contributed by atoms with van der Waals surface area (Å²) in [5, 5.41) is 9.16. The molecule has 0 unspecified atom stereocenters. The molecule has 2 heterocycles. The van der Waals surface area contributed by atoms with Gasteiger partial charge in [0.25, 0.3) is 0 Å². The number of benzene rings is 1. The summed E-state index contributed by atoms with van der Waals surface area (Å²) in [6.45, 7) is 14.3. The summed E-state index contributed by atoms with van der Waals surface area (Å²) in [4.78, 5) is 7.18. The minimum Gasteiger partial charge on any atom is -0.396 e. The van der Waals surface area contributed by atoms with Crippen LogP contribution in [0.1, 0.15) is 6.42 Å². The highest BCUT2D eigenvalue weighted by molar-refractivity contribution is 6.76. The molecular weight excluding hydrogens is 342 g/mol. The summed E-state index contributed by atoms with van der Waals surface area (Å²) in [6.07, 6.45) is 1.18. The predicted octanol–water partition coefficient (Wildman–Crippen LogP) is 2.90. The minimum absolute atomic E-state index is 0.304. The van der Waals surface area contributed by atoms with E-state index in [1.807, 2.05) is 0 Å². The molecule has 146 valence electrons. The lowest BCUT2D eigenvalue weighted by Gasteiger charge is -2.40. The van der Waals surface area contributed by atoms with E-state index in [0.29, 0.717) is 12.5 Å². The highest BCUT2D eigenvalue weighted by Crippen LogP contribution is 2.27. The van der Waals surface area contributed by atoms with Gasteiger partial charge in [-0.25, -0.2) is 0 Å². The van der Waals surface area contributed by atoms with Gasteiger partial charge in [0, 0.05) is 64.8 Å². The molecule has 2 saturated heterocycles. The van der Waals surface area contributed by atoms with Crippen molar-refractivity contribution in [2.24, 2.45) is 5.92 Å². The second-order valence-corrected chi connectivity index (χ2v) is 14.6. The van der Waals surface area contributed by atoms with Gasteiger partial charge in [0.15, 0.2) is 0 Å². The zero-order chi connectivity index (χ0) is 18.6. The molecule has 2 fully saturated rings. The first kappa shape index (κ1) is 19.7. The Morgan fingerprint density at radius 3 is 2.31 bits per heavy atom. The number of hydrogen-bond acceptors (Lipinski definition) is 5. The van der Waals surface area contributed by atoms with Gasteiger partial charge in [-0.05, 0) is 36.7 Å². The zero-order valence-corrected chi connectivity index (χ0v) is 17.7. The molecule has 1 aromatic rings. The van der Waals surface area contributed by atoms with Gasteiger partial charge in [0.05, 0.1) is 6.67 Å². The molecular formula is C20H35N3O2Si. The van der Waals surface area contributed by atoms with Gasteiger partial charge in [-0.15, -0.1) is 0 Å². The van der Waals surface area contributed by atoms with Crippen LogP contribution in [0.5, 0.6) is 0 Å². The lowest BCUT2D eigenvalue weighted by Crippen LogP contribution is -2.48. The first-order valence-corrected chi connectivity index (χ1v) is 13.7. The lowest BCUT2D eigenvalue weighted by molar-refractivity contribution is 0.0280. The van der Waals surface area contributed by atoms with E-state index in [0.717, 1.165) is 46.2 Å². The van der Waals surface area contributed by atoms with Crippen LogP contribution in [0.15, 0.2) is 24.3 Å². The maximum atomic E-state index is 9.16. The summed E-state index contributed by atoms with van der Waals surface area (Å²) >= 11 is 0. The molecule has 3 rings (SSSR count). The van der Waals surface area contributed by atoms with E-state index >= 15 is 0 Å². The third-order valence-electron chi connectivity index (χ3n) is 5.34. The van der Waals surface area contributed by atoms with E-state index in [4.69, 9.17) is 9.84 Å². The molecule has 2 aliphatic heterocycles. The maximum Gasteiger partial charge on any atom is 0.100 e. The number of aliphatic hydroxyl groups is 1. The normalized spacial score (nSPS) is 19.7. The smallest absolute Gasteiger partial charge is 0.100 e. The molecule has 0 atom stereocenters. The zero-order valence-electron chi connectivity index (χ0n) is 16.7. The molecule has 6 heteroatoms. The topological polar surface area (TPSA) is 39.2 Å². The Bertz CT molecular complexity index is 555. The number of hydrogen-bond donors (Lipinski definition) is 1. The van der Waals surface area contributed by atoms with E-state index in [9.17, 15) is 0 Å². The SMILES string of the molecule is C[Si](C)(C)CCOCN1CCCN(c2ccc(N3CC(CO)C3)cc2)C1. The summed E-state index contributed by atoms with van der Waals surface area (Å²) in [5.41, 5.74) is 2.56. The van der Waals surface area contributed by atoms with Gasteiger partial charge in [-0.1, -0.05) is 19.6 Å². The number of ether oxygens (including phenoxy) is 1. The van der Waals surface area contributed by atoms with E-state index in [1.165, 1.54) is 23.8 Å². The van der Waals surface area contributed by atoms with Crippen LogP contribution in [-0.4, -0.2) is 70.9 Å². The van der Waals surface area contributed by atoms with E-state index in [1.54, 1.807) is 0 Å². The highest BCUT2D eigenvalue weighted by Gasteiger charge is 2.26. The van der Waals surface area contributed by atoms with Gasteiger partial charge < -0.3 is 19.6 Å². The first-order chi connectivity index (χ1) is 12.4. The fraction of sp³-hybridized carbons (Fsp3) is 0.700. The van der Waals surface area contributed by atoms with Crippen molar-refractivity contribution in [3.63, 3.8) is 0 Å². The molecule has 1 aromatic carbocycles. The van der Waals surface area contributed by atoms with Gasteiger partial charge in [0.2, 0.25) is 0 Å². The second kappa shape index (κ2) is 8.74. The molecule has 0 aromatic heterocycles.